The van der Waals surface area contributed by atoms with E-state index in [0.717, 1.165) is 0 Å². The standard InChI is InChI=1S/C9H15N5O2/c1-2-15-8-11-7(14-10)12-9(13-8)16-5-6-3-4-6/h6H,2-5,10H2,1H3,(H,11,12,13,14). The van der Waals surface area contributed by atoms with Crippen LogP contribution < -0.4 is 20.7 Å². The number of nitrogen functional groups attached to an aromatic ring is 1. The van der Waals surface area contributed by atoms with Crippen molar-refractivity contribution in [3.63, 3.8) is 0 Å². The maximum absolute atomic E-state index is 5.42. The molecule has 0 atom stereocenters. The molecule has 0 saturated heterocycles. The summed E-state index contributed by atoms with van der Waals surface area (Å²) in [5.74, 6) is 6.12. The molecule has 1 saturated carbocycles. The predicted octanol–water partition coefficient (Wildman–Crippen LogP) is 0.345. The molecule has 0 unspecified atom stereocenters. The van der Waals surface area contributed by atoms with E-state index >= 15 is 0 Å². The first-order valence-corrected chi connectivity index (χ1v) is 5.30. The highest BCUT2D eigenvalue weighted by Crippen LogP contribution is 2.29. The zero-order valence-electron chi connectivity index (χ0n) is 9.14. The van der Waals surface area contributed by atoms with Crippen molar-refractivity contribution in [2.75, 3.05) is 18.6 Å². The van der Waals surface area contributed by atoms with Gasteiger partial charge in [-0.05, 0) is 25.7 Å². The molecular weight excluding hydrogens is 210 g/mol. The third-order valence-corrected chi connectivity index (χ3v) is 2.14. The van der Waals surface area contributed by atoms with Gasteiger partial charge in [-0.3, -0.25) is 5.43 Å². The van der Waals surface area contributed by atoms with Crippen LogP contribution in [0.4, 0.5) is 5.95 Å². The largest absolute Gasteiger partial charge is 0.464 e. The minimum atomic E-state index is 0.219. The number of hydrazine groups is 1. The number of hydrogen-bond donors (Lipinski definition) is 2. The first-order valence-electron chi connectivity index (χ1n) is 5.30. The lowest BCUT2D eigenvalue weighted by Gasteiger charge is -2.07. The van der Waals surface area contributed by atoms with E-state index in [-0.39, 0.29) is 18.0 Å². The molecule has 7 nitrogen and oxygen atoms in total. The zero-order chi connectivity index (χ0) is 11.4. The molecule has 1 aromatic rings. The van der Waals surface area contributed by atoms with Crippen molar-refractivity contribution >= 4 is 5.95 Å². The number of aromatic nitrogens is 3. The highest BCUT2D eigenvalue weighted by molar-refractivity contribution is 5.25. The lowest BCUT2D eigenvalue weighted by Crippen LogP contribution is -2.14. The maximum atomic E-state index is 5.42. The number of rotatable bonds is 6. The Morgan fingerprint density at radius 3 is 2.50 bits per heavy atom. The van der Waals surface area contributed by atoms with Gasteiger partial charge in [0, 0.05) is 0 Å². The monoisotopic (exact) mass is 225 g/mol. The molecular formula is C9H15N5O2. The number of nitrogens with one attached hydrogen (secondary N) is 1. The molecule has 2 rings (SSSR count). The van der Waals surface area contributed by atoms with Gasteiger partial charge in [0.2, 0.25) is 5.95 Å². The van der Waals surface area contributed by atoms with Crippen molar-refractivity contribution in [1.29, 1.82) is 0 Å². The van der Waals surface area contributed by atoms with Gasteiger partial charge in [0.25, 0.3) is 0 Å². The van der Waals surface area contributed by atoms with Gasteiger partial charge in [-0.2, -0.15) is 9.97 Å². The van der Waals surface area contributed by atoms with E-state index in [1.54, 1.807) is 0 Å². The summed E-state index contributed by atoms with van der Waals surface area (Å²) in [7, 11) is 0. The zero-order valence-corrected chi connectivity index (χ0v) is 9.14. The summed E-state index contributed by atoms with van der Waals surface area (Å²) in [6.07, 6.45) is 2.43. The van der Waals surface area contributed by atoms with Crippen molar-refractivity contribution in [1.82, 2.24) is 15.0 Å². The third-order valence-electron chi connectivity index (χ3n) is 2.14. The summed E-state index contributed by atoms with van der Waals surface area (Å²) in [4.78, 5) is 11.9. The third kappa shape index (κ3) is 2.93. The molecule has 0 radical (unpaired) electrons. The maximum Gasteiger partial charge on any atom is 0.324 e. The SMILES string of the molecule is CCOc1nc(NN)nc(OCC2CC2)n1. The van der Waals surface area contributed by atoms with Gasteiger partial charge in [-0.1, -0.05) is 0 Å². The fraction of sp³-hybridized carbons (Fsp3) is 0.667. The molecule has 0 spiro atoms. The smallest absolute Gasteiger partial charge is 0.324 e. The Morgan fingerprint density at radius 2 is 1.94 bits per heavy atom. The van der Waals surface area contributed by atoms with Crippen LogP contribution in [0.3, 0.4) is 0 Å². The van der Waals surface area contributed by atoms with Crippen LogP contribution in [0.25, 0.3) is 0 Å². The molecule has 88 valence electrons. The molecule has 1 aromatic heterocycles. The first kappa shape index (κ1) is 10.9. The van der Waals surface area contributed by atoms with Crippen molar-refractivity contribution in [3.8, 4) is 12.0 Å². The number of nitrogens with two attached hydrogens (primary N) is 1. The van der Waals surface area contributed by atoms with Gasteiger partial charge in [0.05, 0.1) is 13.2 Å². The van der Waals surface area contributed by atoms with Crippen molar-refractivity contribution in [2.45, 2.75) is 19.8 Å². The van der Waals surface area contributed by atoms with E-state index < -0.39 is 0 Å². The number of hydrogen-bond acceptors (Lipinski definition) is 7. The highest BCUT2D eigenvalue weighted by Gasteiger charge is 2.22. The fourth-order valence-electron chi connectivity index (χ4n) is 1.14. The molecule has 0 aliphatic heterocycles. The topological polar surface area (TPSA) is 95.2 Å². The molecule has 0 bridgehead atoms. The molecule has 1 fully saturated rings. The van der Waals surface area contributed by atoms with Crippen LogP contribution in [0.15, 0.2) is 0 Å². The van der Waals surface area contributed by atoms with Crippen molar-refractivity contribution < 1.29 is 9.47 Å². The Bertz CT molecular complexity index is 356. The number of ether oxygens (including phenoxy) is 2. The van der Waals surface area contributed by atoms with Gasteiger partial charge in [0.1, 0.15) is 0 Å². The quantitative estimate of drug-likeness (QED) is 0.532. The van der Waals surface area contributed by atoms with Crippen molar-refractivity contribution in [2.24, 2.45) is 11.8 Å². The van der Waals surface area contributed by atoms with Gasteiger partial charge in [0.15, 0.2) is 0 Å². The summed E-state index contributed by atoms with van der Waals surface area (Å²) in [6, 6.07) is 0.467. The van der Waals surface area contributed by atoms with Crippen LogP contribution >= 0.6 is 0 Å². The molecule has 1 aliphatic carbocycles. The molecule has 16 heavy (non-hydrogen) atoms. The van der Waals surface area contributed by atoms with E-state index in [9.17, 15) is 0 Å². The second-order valence-corrected chi connectivity index (χ2v) is 3.56. The number of nitrogens with zero attached hydrogens (tertiary/aromatic N) is 3. The summed E-state index contributed by atoms with van der Waals surface area (Å²) in [5, 5.41) is 0. The summed E-state index contributed by atoms with van der Waals surface area (Å²) in [6.45, 7) is 2.97. The second-order valence-electron chi connectivity index (χ2n) is 3.56. The van der Waals surface area contributed by atoms with E-state index in [1.165, 1.54) is 12.8 Å². The van der Waals surface area contributed by atoms with Gasteiger partial charge in [-0.15, -0.1) is 4.98 Å². The average molecular weight is 225 g/mol. The van der Waals surface area contributed by atoms with Gasteiger partial charge in [-0.25, -0.2) is 5.84 Å². The molecule has 0 aromatic carbocycles. The Hall–Kier alpha value is -1.63. The van der Waals surface area contributed by atoms with E-state index in [4.69, 9.17) is 15.3 Å². The number of anilines is 1. The summed E-state index contributed by atoms with van der Waals surface area (Å²) >= 11 is 0. The highest BCUT2D eigenvalue weighted by atomic mass is 16.5. The lowest BCUT2D eigenvalue weighted by atomic mass is 10.5. The predicted molar refractivity (Wildman–Crippen MR) is 57.0 cm³/mol. The van der Waals surface area contributed by atoms with Crippen LogP contribution in [0, 0.1) is 5.92 Å². The first-order chi connectivity index (χ1) is 7.81. The van der Waals surface area contributed by atoms with Crippen molar-refractivity contribution in [3.05, 3.63) is 0 Å². The second kappa shape index (κ2) is 4.93. The average Bonchev–Trinajstić information content (AvgIpc) is 3.10. The van der Waals surface area contributed by atoms with Crippen LogP contribution in [-0.4, -0.2) is 28.2 Å². The Balaban J connectivity index is 2.04. The summed E-state index contributed by atoms with van der Waals surface area (Å²) in [5.41, 5.74) is 2.35. The summed E-state index contributed by atoms with van der Waals surface area (Å²) < 4.78 is 10.6. The molecule has 0 amide bonds. The molecule has 7 heteroatoms. The minimum absolute atomic E-state index is 0.219. The van der Waals surface area contributed by atoms with Gasteiger partial charge >= 0.3 is 12.0 Å². The molecule has 3 N–H and O–H groups in total. The normalized spacial score (nSPS) is 14.6. The van der Waals surface area contributed by atoms with Crippen LogP contribution in [0.1, 0.15) is 19.8 Å². The van der Waals surface area contributed by atoms with Crippen LogP contribution in [-0.2, 0) is 0 Å². The Labute approximate surface area is 93.4 Å². The van der Waals surface area contributed by atoms with E-state index in [2.05, 4.69) is 20.4 Å². The minimum Gasteiger partial charge on any atom is -0.464 e. The molecule has 1 heterocycles. The van der Waals surface area contributed by atoms with Gasteiger partial charge < -0.3 is 9.47 Å². The Kier molecular flexibility index (Phi) is 3.35. The Morgan fingerprint density at radius 1 is 1.25 bits per heavy atom. The van der Waals surface area contributed by atoms with E-state index in [0.29, 0.717) is 19.1 Å². The van der Waals surface area contributed by atoms with E-state index in [1.807, 2.05) is 6.92 Å². The molecule has 1 aliphatic rings. The van der Waals surface area contributed by atoms with Crippen LogP contribution in [0.2, 0.25) is 0 Å². The fourth-order valence-corrected chi connectivity index (χ4v) is 1.14. The van der Waals surface area contributed by atoms with Crippen LogP contribution in [0.5, 0.6) is 12.0 Å². The lowest BCUT2D eigenvalue weighted by molar-refractivity contribution is 0.259.